The van der Waals surface area contributed by atoms with Crippen molar-refractivity contribution in [3.05, 3.63) is 23.9 Å². The molecule has 2 atom stereocenters. The molecule has 1 aromatic heterocycles. The van der Waals surface area contributed by atoms with Gasteiger partial charge in [0.1, 0.15) is 5.82 Å². The lowest BCUT2D eigenvalue weighted by atomic mass is 10.1. The molecule has 1 fully saturated rings. The second-order valence-electron chi connectivity index (χ2n) is 4.25. The highest BCUT2D eigenvalue weighted by molar-refractivity contribution is 8.00. The first-order chi connectivity index (χ1) is 7.66. The van der Waals surface area contributed by atoms with Gasteiger partial charge in [-0.15, -0.1) is 0 Å². The Morgan fingerprint density at radius 2 is 2.44 bits per heavy atom. The van der Waals surface area contributed by atoms with Crippen LogP contribution in [0.2, 0.25) is 0 Å². The lowest BCUT2D eigenvalue weighted by Gasteiger charge is -2.31. The van der Waals surface area contributed by atoms with E-state index < -0.39 is 6.10 Å². The van der Waals surface area contributed by atoms with E-state index in [1.807, 2.05) is 23.9 Å². The maximum atomic E-state index is 9.55. The number of hydrogen-bond acceptors (Lipinski definition) is 4. The lowest BCUT2D eigenvalue weighted by molar-refractivity contribution is 0.199. The quantitative estimate of drug-likeness (QED) is 0.856. The fourth-order valence-electron chi connectivity index (χ4n) is 1.89. The Morgan fingerprint density at radius 3 is 3.12 bits per heavy atom. The fourth-order valence-corrected chi connectivity index (χ4v) is 2.91. The van der Waals surface area contributed by atoms with Crippen molar-refractivity contribution in [2.75, 3.05) is 23.7 Å². The molecular weight excluding hydrogens is 220 g/mol. The van der Waals surface area contributed by atoms with Crippen LogP contribution in [0.5, 0.6) is 0 Å². The van der Waals surface area contributed by atoms with E-state index in [4.69, 9.17) is 0 Å². The molecule has 0 radical (unpaired) electrons. The number of rotatable bonds is 2. The van der Waals surface area contributed by atoms with Crippen LogP contribution in [0.15, 0.2) is 18.3 Å². The van der Waals surface area contributed by atoms with Gasteiger partial charge in [-0.3, -0.25) is 0 Å². The summed E-state index contributed by atoms with van der Waals surface area (Å²) in [4.78, 5) is 6.68. The zero-order valence-electron chi connectivity index (χ0n) is 9.76. The molecule has 1 N–H and O–H groups in total. The standard InChI is InChI=1S/C12H18N2OS/c1-9-8-14(5-6-16-9)12-7-11(10(2)15)3-4-13-12/h3-4,7,9-10,15H,5-6,8H2,1-2H3/t9?,10-/m1/s1. The van der Waals surface area contributed by atoms with Crippen LogP contribution in [0, 0.1) is 0 Å². The average molecular weight is 238 g/mol. The SMILES string of the molecule is CC1CN(c2cc([C@@H](C)O)ccn2)CCS1. The molecule has 1 aliphatic rings. The predicted octanol–water partition coefficient (Wildman–Crippen LogP) is 2.08. The molecule has 1 saturated heterocycles. The fraction of sp³-hybridized carbons (Fsp3) is 0.583. The van der Waals surface area contributed by atoms with Crippen molar-refractivity contribution >= 4 is 17.6 Å². The van der Waals surface area contributed by atoms with Gasteiger partial charge in [-0.05, 0) is 24.6 Å². The number of nitrogens with zero attached hydrogens (tertiary/aromatic N) is 2. The molecule has 3 nitrogen and oxygen atoms in total. The van der Waals surface area contributed by atoms with Crippen LogP contribution < -0.4 is 4.90 Å². The Morgan fingerprint density at radius 1 is 1.62 bits per heavy atom. The zero-order valence-corrected chi connectivity index (χ0v) is 10.6. The monoisotopic (exact) mass is 238 g/mol. The number of aliphatic hydroxyl groups is 1. The normalized spacial score (nSPS) is 23.2. The Kier molecular flexibility index (Phi) is 3.71. The van der Waals surface area contributed by atoms with Gasteiger partial charge in [-0.1, -0.05) is 6.92 Å². The molecule has 0 amide bonds. The highest BCUT2D eigenvalue weighted by Gasteiger charge is 2.18. The number of aromatic nitrogens is 1. The smallest absolute Gasteiger partial charge is 0.128 e. The predicted molar refractivity (Wildman–Crippen MR) is 69.0 cm³/mol. The Bertz CT molecular complexity index is 357. The van der Waals surface area contributed by atoms with Gasteiger partial charge >= 0.3 is 0 Å². The molecular formula is C12H18N2OS. The summed E-state index contributed by atoms with van der Waals surface area (Å²) in [7, 11) is 0. The summed E-state index contributed by atoms with van der Waals surface area (Å²) in [5, 5.41) is 10.2. The van der Waals surface area contributed by atoms with Crippen LogP contribution in [-0.2, 0) is 0 Å². The molecule has 1 unspecified atom stereocenters. The zero-order chi connectivity index (χ0) is 11.5. The van der Waals surface area contributed by atoms with E-state index in [1.54, 1.807) is 13.1 Å². The van der Waals surface area contributed by atoms with Crippen molar-refractivity contribution < 1.29 is 5.11 Å². The van der Waals surface area contributed by atoms with E-state index in [1.165, 1.54) is 0 Å². The number of anilines is 1. The maximum absolute atomic E-state index is 9.55. The maximum Gasteiger partial charge on any atom is 0.128 e. The van der Waals surface area contributed by atoms with E-state index in [-0.39, 0.29) is 0 Å². The van der Waals surface area contributed by atoms with Crippen LogP contribution in [-0.4, -0.2) is 34.2 Å². The number of pyridine rings is 1. The molecule has 0 aliphatic carbocycles. The van der Waals surface area contributed by atoms with Crippen LogP contribution in [0.3, 0.4) is 0 Å². The van der Waals surface area contributed by atoms with Crippen molar-refractivity contribution in [2.24, 2.45) is 0 Å². The Labute approximate surface area is 101 Å². The average Bonchev–Trinajstić information content (AvgIpc) is 2.29. The third-order valence-electron chi connectivity index (χ3n) is 2.82. The summed E-state index contributed by atoms with van der Waals surface area (Å²) in [6.45, 7) is 6.12. The minimum absolute atomic E-state index is 0.418. The number of thioether (sulfide) groups is 1. The second-order valence-corrected chi connectivity index (χ2v) is 5.80. The summed E-state index contributed by atoms with van der Waals surface area (Å²) in [5.41, 5.74) is 0.941. The third-order valence-corrected chi connectivity index (χ3v) is 3.95. The molecule has 0 bridgehead atoms. The van der Waals surface area contributed by atoms with Gasteiger partial charge in [0.25, 0.3) is 0 Å². The molecule has 0 spiro atoms. The number of aliphatic hydroxyl groups excluding tert-OH is 1. The van der Waals surface area contributed by atoms with Crippen LogP contribution in [0.4, 0.5) is 5.82 Å². The largest absolute Gasteiger partial charge is 0.389 e. The first-order valence-electron chi connectivity index (χ1n) is 5.67. The first kappa shape index (κ1) is 11.7. The van der Waals surface area contributed by atoms with Gasteiger partial charge < -0.3 is 10.0 Å². The summed E-state index contributed by atoms with van der Waals surface area (Å²) < 4.78 is 0. The van der Waals surface area contributed by atoms with Gasteiger partial charge in [0.2, 0.25) is 0 Å². The van der Waals surface area contributed by atoms with Crippen molar-refractivity contribution in [2.45, 2.75) is 25.2 Å². The van der Waals surface area contributed by atoms with Crippen molar-refractivity contribution in [3.8, 4) is 0 Å². The van der Waals surface area contributed by atoms with Crippen molar-refractivity contribution in [3.63, 3.8) is 0 Å². The molecule has 1 aromatic rings. The summed E-state index contributed by atoms with van der Waals surface area (Å²) >= 11 is 2.01. The molecule has 16 heavy (non-hydrogen) atoms. The van der Waals surface area contributed by atoms with Gasteiger partial charge in [-0.25, -0.2) is 4.98 Å². The summed E-state index contributed by atoms with van der Waals surface area (Å²) in [6.07, 6.45) is 1.36. The molecule has 88 valence electrons. The van der Waals surface area contributed by atoms with Gasteiger partial charge in [-0.2, -0.15) is 11.8 Å². The minimum atomic E-state index is -0.418. The van der Waals surface area contributed by atoms with Crippen molar-refractivity contribution in [1.82, 2.24) is 4.98 Å². The van der Waals surface area contributed by atoms with Crippen LogP contribution in [0.25, 0.3) is 0 Å². The molecule has 2 heterocycles. The van der Waals surface area contributed by atoms with Gasteiger partial charge in [0.05, 0.1) is 6.10 Å². The minimum Gasteiger partial charge on any atom is -0.389 e. The van der Waals surface area contributed by atoms with Gasteiger partial charge in [0, 0.05) is 30.3 Å². The highest BCUT2D eigenvalue weighted by atomic mass is 32.2. The molecule has 0 saturated carbocycles. The van der Waals surface area contributed by atoms with E-state index in [9.17, 15) is 5.11 Å². The summed E-state index contributed by atoms with van der Waals surface area (Å²) in [5.74, 6) is 2.15. The van der Waals surface area contributed by atoms with Crippen LogP contribution >= 0.6 is 11.8 Å². The lowest BCUT2D eigenvalue weighted by Crippen LogP contribution is -2.37. The van der Waals surface area contributed by atoms with Crippen molar-refractivity contribution in [1.29, 1.82) is 0 Å². The second kappa shape index (κ2) is 5.06. The Balaban J connectivity index is 2.16. The van der Waals surface area contributed by atoms with Gasteiger partial charge in [0.15, 0.2) is 0 Å². The van der Waals surface area contributed by atoms with E-state index in [0.29, 0.717) is 5.25 Å². The van der Waals surface area contributed by atoms with E-state index in [2.05, 4.69) is 16.8 Å². The van der Waals surface area contributed by atoms with E-state index >= 15 is 0 Å². The molecule has 4 heteroatoms. The molecule has 2 rings (SSSR count). The number of hydrogen-bond donors (Lipinski definition) is 1. The Hall–Kier alpha value is -0.740. The highest BCUT2D eigenvalue weighted by Crippen LogP contribution is 2.24. The van der Waals surface area contributed by atoms with E-state index in [0.717, 1.165) is 30.2 Å². The first-order valence-corrected chi connectivity index (χ1v) is 6.72. The molecule has 1 aliphatic heterocycles. The van der Waals surface area contributed by atoms with Crippen LogP contribution in [0.1, 0.15) is 25.5 Å². The topological polar surface area (TPSA) is 36.4 Å². The molecule has 0 aromatic carbocycles. The summed E-state index contributed by atoms with van der Waals surface area (Å²) in [6, 6.07) is 3.86. The third kappa shape index (κ3) is 2.68.